The molecule has 0 aliphatic heterocycles. The molecular formula is C11H20. The van der Waals surface area contributed by atoms with E-state index >= 15 is 0 Å². The Morgan fingerprint density at radius 3 is 2.36 bits per heavy atom. The Labute approximate surface area is 70.4 Å². The molecule has 0 aromatic carbocycles. The Morgan fingerprint density at radius 1 is 1.18 bits per heavy atom. The third kappa shape index (κ3) is 1.98. The van der Waals surface area contributed by atoms with Crippen molar-refractivity contribution < 1.29 is 0 Å². The zero-order chi connectivity index (χ0) is 7.68. The lowest BCUT2D eigenvalue weighted by atomic mass is 9.75. The van der Waals surface area contributed by atoms with Crippen LogP contribution >= 0.6 is 0 Å². The van der Waals surface area contributed by atoms with E-state index in [4.69, 9.17) is 0 Å². The van der Waals surface area contributed by atoms with E-state index in [-0.39, 0.29) is 0 Å². The van der Waals surface area contributed by atoms with Gasteiger partial charge in [0.15, 0.2) is 0 Å². The summed E-state index contributed by atoms with van der Waals surface area (Å²) in [5, 5.41) is 0. The van der Waals surface area contributed by atoms with Crippen molar-refractivity contribution >= 4 is 0 Å². The average Bonchev–Trinajstić information content (AvgIpc) is 2.61. The second-order valence-corrected chi connectivity index (χ2v) is 4.69. The lowest BCUT2D eigenvalue weighted by molar-refractivity contribution is 0.206. The molecule has 0 heteroatoms. The fourth-order valence-electron chi connectivity index (χ4n) is 2.15. The van der Waals surface area contributed by atoms with Gasteiger partial charge in [-0.05, 0) is 17.8 Å². The monoisotopic (exact) mass is 152 g/mol. The standard InChI is InChI=1S/C11H20/c1-9(11-3-2-4-11)5-6-10-7-8-10/h9-11H,2-8H2,1H3. The predicted octanol–water partition coefficient (Wildman–Crippen LogP) is 3.61. The summed E-state index contributed by atoms with van der Waals surface area (Å²) in [5.74, 6) is 3.32. The second-order valence-electron chi connectivity index (χ2n) is 4.69. The molecule has 2 aliphatic rings. The molecule has 2 rings (SSSR count). The van der Waals surface area contributed by atoms with Crippen LogP contribution in [0.5, 0.6) is 0 Å². The first kappa shape index (κ1) is 7.64. The summed E-state index contributed by atoms with van der Waals surface area (Å²) in [6.07, 6.45) is 10.7. The van der Waals surface area contributed by atoms with Gasteiger partial charge in [0.05, 0.1) is 0 Å². The molecule has 2 fully saturated rings. The minimum Gasteiger partial charge on any atom is -0.0622 e. The third-order valence-electron chi connectivity index (χ3n) is 3.68. The highest BCUT2D eigenvalue weighted by atomic mass is 14.3. The second kappa shape index (κ2) is 3.16. The van der Waals surface area contributed by atoms with Crippen LogP contribution in [0, 0.1) is 17.8 Å². The molecule has 0 radical (unpaired) electrons. The smallest absolute Gasteiger partial charge is 0.0388 e. The summed E-state index contributed by atoms with van der Waals surface area (Å²) in [6.45, 7) is 2.46. The van der Waals surface area contributed by atoms with Gasteiger partial charge in [-0.15, -0.1) is 0 Å². The van der Waals surface area contributed by atoms with E-state index in [1.165, 1.54) is 44.9 Å². The molecule has 0 bridgehead atoms. The highest BCUT2D eigenvalue weighted by Crippen LogP contribution is 2.39. The van der Waals surface area contributed by atoms with E-state index in [0.717, 1.165) is 17.8 Å². The van der Waals surface area contributed by atoms with E-state index < -0.39 is 0 Å². The maximum atomic E-state index is 2.46. The van der Waals surface area contributed by atoms with Gasteiger partial charge in [0.25, 0.3) is 0 Å². The van der Waals surface area contributed by atoms with Crippen LogP contribution in [0.3, 0.4) is 0 Å². The SMILES string of the molecule is CC(CCC1CC1)C1CCC1. The van der Waals surface area contributed by atoms with Crippen LogP contribution in [-0.4, -0.2) is 0 Å². The van der Waals surface area contributed by atoms with Crippen LogP contribution in [0.1, 0.15) is 51.9 Å². The molecule has 0 amide bonds. The minimum absolute atomic E-state index is 1.05. The van der Waals surface area contributed by atoms with Gasteiger partial charge in [0, 0.05) is 0 Å². The molecule has 11 heavy (non-hydrogen) atoms. The molecule has 0 aromatic heterocycles. The maximum absolute atomic E-state index is 2.46. The van der Waals surface area contributed by atoms with Gasteiger partial charge in [-0.2, -0.15) is 0 Å². The molecule has 1 unspecified atom stereocenters. The Kier molecular flexibility index (Phi) is 2.20. The first-order chi connectivity index (χ1) is 5.36. The third-order valence-corrected chi connectivity index (χ3v) is 3.68. The topological polar surface area (TPSA) is 0 Å². The van der Waals surface area contributed by atoms with Gasteiger partial charge in [0.2, 0.25) is 0 Å². The molecule has 0 spiro atoms. The van der Waals surface area contributed by atoms with Gasteiger partial charge < -0.3 is 0 Å². The van der Waals surface area contributed by atoms with Crippen LogP contribution < -0.4 is 0 Å². The Hall–Kier alpha value is 0. The van der Waals surface area contributed by atoms with Gasteiger partial charge >= 0.3 is 0 Å². The zero-order valence-corrected chi connectivity index (χ0v) is 7.68. The summed E-state index contributed by atoms with van der Waals surface area (Å²) in [5.41, 5.74) is 0. The quantitative estimate of drug-likeness (QED) is 0.577. The van der Waals surface area contributed by atoms with Gasteiger partial charge in [-0.1, -0.05) is 51.9 Å². The summed E-state index contributed by atoms with van der Waals surface area (Å²) < 4.78 is 0. The normalized spacial score (nSPS) is 28.1. The summed E-state index contributed by atoms with van der Waals surface area (Å²) >= 11 is 0. The van der Waals surface area contributed by atoms with E-state index in [1.54, 1.807) is 0 Å². The van der Waals surface area contributed by atoms with Gasteiger partial charge in [-0.25, -0.2) is 0 Å². The first-order valence-corrected chi connectivity index (χ1v) is 5.36. The number of rotatable bonds is 4. The molecule has 0 heterocycles. The van der Waals surface area contributed by atoms with E-state index in [9.17, 15) is 0 Å². The van der Waals surface area contributed by atoms with Crippen LogP contribution in [-0.2, 0) is 0 Å². The van der Waals surface area contributed by atoms with Crippen LogP contribution in [0.2, 0.25) is 0 Å². The Morgan fingerprint density at radius 2 is 1.91 bits per heavy atom. The maximum Gasteiger partial charge on any atom is -0.0388 e. The molecule has 0 nitrogen and oxygen atoms in total. The first-order valence-electron chi connectivity index (χ1n) is 5.36. The van der Waals surface area contributed by atoms with Crippen LogP contribution in [0.4, 0.5) is 0 Å². The van der Waals surface area contributed by atoms with Crippen molar-refractivity contribution in [3.8, 4) is 0 Å². The van der Waals surface area contributed by atoms with Crippen molar-refractivity contribution in [1.29, 1.82) is 0 Å². The molecule has 0 saturated heterocycles. The van der Waals surface area contributed by atoms with Crippen LogP contribution in [0.25, 0.3) is 0 Å². The molecular weight excluding hydrogens is 132 g/mol. The highest BCUT2D eigenvalue weighted by Gasteiger charge is 2.26. The highest BCUT2D eigenvalue weighted by molar-refractivity contribution is 4.78. The summed E-state index contributed by atoms with van der Waals surface area (Å²) in [4.78, 5) is 0. The summed E-state index contributed by atoms with van der Waals surface area (Å²) in [7, 11) is 0. The summed E-state index contributed by atoms with van der Waals surface area (Å²) in [6, 6.07) is 0. The largest absolute Gasteiger partial charge is 0.0622 e. The van der Waals surface area contributed by atoms with Crippen molar-refractivity contribution in [3.63, 3.8) is 0 Å². The fraction of sp³-hybridized carbons (Fsp3) is 1.00. The molecule has 64 valence electrons. The van der Waals surface area contributed by atoms with E-state index in [2.05, 4.69) is 6.92 Å². The Bertz CT molecular complexity index is 120. The predicted molar refractivity (Wildman–Crippen MR) is 48.5 cm³/mol. The zero-order valence-electron chi connectivity index (χ0n) is 7.68. The molecule has 0 N–H and O–H groups in total. The van der Waals surface area contributed by atoms with E-state index in [1.807, 2.05) is 0 Å². The van der Waals surface area contributed by atoms with Gasteiger partial charge in [0.1, 0.15) is 0 Å². The average molecular weight is 152 g/mol. The van der Waals surface area contributed by atoms with Crippen molar-refractivity contribution in [2.75, 3.05) is 0 Å². The minimum atomic E-state index is 1.05. The lowest BCUT2D eigenvalue weighted by Crippen LogP contribution is -2.19. The van der Waals surface area contributed by atoms with E-state index in [0.29, 0.717) is 0 Å². The van der Waals surface area contributed by atoms with Crippen molar-refractivity contribution in [3.05, 3.63) is 0 Å². The van der Waals surface area contributed by atoms with Crippen LogP contribution in [0.15, 0.2) is 0 Å². The van der Waals surface area contributed by atoms with Crippen molar-refractivity contribution in [2.24, 2.45) is 17.8 Å². The molecule has 2 saturated carbocycles. The molecule has 1 atom stereocenters. The van der Waals surface area contributed by atoms with Crippen molar-refractivity contribution in [2.45, 2.75) is 51.9 Å². The molecule has 0 aromatic rings. The fourth-order valence-corrected chi connectivity index (χ4v) is 2.15. The van der Waals surface area contributed by atoms with Crippen molar-refractivity contribution in [1.82, 2.24) is 0 Å². The lowest BCUT2D eigenvalue weighted by Gasteiger charge is -2.31. The van der Waals surface area contributed by atoms with Gasteiger partial charge in [-0.3, -0.25) is 0 Å². The number of hydrogen-bond acceptors (Lipinski definition) is 0. The molecule has 2 aliphatic carbocycles. The number of hydrogen-bond donors (Lipinski definition) is 0. The Balaban J connectivity index is 1.59.